The molecular formula is C28H38O8. The van der Waals surface area contributed by atoms with Crippen LogP contribution in [0.4, 0.5) is 0 Å². The number of carbonyl (C=O) groups is 2. The summed E-state index contributed by atoms with van der Waals surface area (Å²) < 4.78 is 11.1. The maximum absolute atomic E-state index is 13.5. The maximum atomic E-state index is 13.5. The number of aliphatic hydroxyl groups is 4. The molecule has 0 amide bonds. The summed E-state index contributed by atoms with van der Waals surface area (Å²) >= 11 is 0. The molecule has 8 nitrogen and oxygen atoms in total. The molecule has 0 aromatic rings. The largest absolute Gasteiger partial charge is 0.455 e. The first-order chi connectivity index (χ1) is 16.6. The van der Waals surface area contributed by atoms with Gasteiger partial charge in [-0.25, -0.2) is 4.79 Å². The minimum atomic E-state index is -1.80. The van der Waals surface area contributed by atoms with Crippen LogP contribution in [-0.4, -0.2) is 73.4 Å². The van der Waals surface area contributed by atoms with Crippen molar-refractivity contribution in [2.45, 2.75) is 114 Å². The Morgan fingerprint density at radius 2 is 1.78 bits per heavy atom. The topological polar surface area (TPSA) is 137 Å². The summed E-state index contributed by atoms with van der Waals surface area (Å²) in [7, 11) is 0. The molecule has 8 heteroatoms. The Morgan fingerprint density at radius 3 is 2.44 bits per heavy atom. The van der Waals surface area contributed by atoms with Crippen LogP contribution in [0.2, 0.25) is 0 Å². The molecule has 4 aliphatic carbocycles. The lowest BCUT2D eigenvalue weighted by molar-refractivity contribution is -0.279. The van der Waals surface area contributed by atoms with Crippen molar-refractivity contribution in [1.82, 2.24) is 0 Å². The fraction of sp³-hybridized carbons (Fsp3) is 0.786. The monoisotopic (exact) mass is 502 g/mol. The summed E-state index contributed by atoms with van der Waals surface area (Å²) in [5.41, 5.74) is -4.88. The highest BCUT2D eigenvalue weighted by atomic mass is 16.6. The number of rotatable bonds is 2. The lowest BCUT2D eigenvalue weighted by Gasteiger charge is -2.63. The molecule has 0 radical (unpaired) electrons. The van der Waals surface area contributed by atoms with E-state index in [1.54, 1.807) is 6.92 Å². The van der Waals surface area contributed by atoms with Crippen molar-refractivity contribution in [3.8, 4) is 0 Å². The van der Waals surface area contributed by atoms with Crippen LogP contribution in [0.1, 0.15) is 73.1 Å². The highest BCUT2D eigenvalue weighted by molar-refractivity contribution is 5.96. The van der Waals surface area contributed by atoms with Gasteiger partial charge in [0.25, 0.3) is 0 Å². The van der Waals surface area contributed by atoms with Gasteiger partial charge in [-0.2, -0.15) is 0 Å². The predicted octanol–water partition coefficient (Wildman–Crippen LogP) is 1.73. The molecule has 198 valence electrons. The van der Waals surface area contributed by atoms with Crippen LogP contribution in [0.3, 0.4) is 0 Å². The molecule has 0 aromatic carbocycles. The molecule has 0 aromatic heterocycles. The average molecular weight is 503 g/mol. The molecule has 1 saturated heterocycles. The molecule has 0 unspecified atom stereocenters. The minimum Gasteiger partial charge on any atom is -0.455 e. The van der Waals surface area contributed by atoms with Crippen molar-refractivity contribution in [2.75, 3.05) is 0 Å². The van der Waals surface area contributed by atoms with Gasteiger partial charge in [-0.15, -0.1) is 0 Å². The second-order valence-corrected chi connectivity index (χ2v) is 12.9. The smallest absolute Gasteiger partial charge is 0.334 e. The van der Waals surface area contributed by atoms with Crippen LogP contribution in [0, 0.1) is 22.7 Å². The standard InChI is InChI=1S/C28H38O8/c1-13-12-18(35-23(31)14(13)2)26(5,32)28(34)11-10-27(33)16-6-7-17-19(29)20-21(36-20)22(30)25(17,4)15(16)8-9-24(27,28)3/h7,15-16,18-21,29,32-34H,6,8-12H2,1-5H3/t15-,16+,18+,19+,20+,21+,24-,25+,26-,27+,28-/m0/s1. The predicted molar refractivity (Wildman–Crippen MR) is 127 cm³/mol. The number of cyclic esters (lactones) is 1. The molecule has 4 fully saturated rings. The second kappa shape index (κ2) is 7.08. The first-order valence-electron chi connectivity index (χ1n) is 13.3. The molecule has 0 spiro atoms. The van der Waals surface area contributed by atoms with Crippen molar-refractivity contribution < 1.29 is 39.5 Å². The quantitative estimate of drug-likeness (QED) is 0.255. The van der Waals surface area contributed by atoms with E-state index in [-0.39, 0.29) is 30.5 Å². The lowest BCUT2D eigenvalue weighted by Crippen LogP contribution is -2.72. The van der Waals surface area contributed by atoms with Crippen molar-refractivity contribution in [2.24, 2.45) is 22.7 Å². The average Bonchev–Trinajstić information content (AvgIpc) is 3.59. The normalized spacial score (nSPS) is 53.4. The van der Waals surface area contributed by atoms with Gasteiger partial charge in [0.2, 0.25) is 0 Å². The Morgan fingerprint density at radius 1 is 1.08 bits per heavy atom. The summed E-state index contributed by atoms with van der Waals surface area (Å²) in [4.78, 5) is 25.9. The number of epoxide rings is 1. The number of ether oxygens (including phenoxy) is 2. The Labute approximate surface area is 211 Å². The van der Waals surface area contributed by atoms with Crippen LogP contribution in [0.15, 0.2) is 22.8 Å². The van der Waals surface area contributed by atoms with Gasteiger partial charge in [0.1, 0.15) is 35.6 Å². The molecule has 2 aliphatic heterocycles. The highest BCUT2D eigenvalue weighted by Crippen LogP contribution is 2.71. The second-order valence-electron chi connectivity index (χ2n) is 12.9. The van der Waals surface area contributed by atoms with E-state index in [4.69, 9.17) is 9.47 Å². The summed E-state index contributed by atoms with van der Waals surface area (Å²) in [6.45, 7) is 8.76. The number of hydrogen-bond donors (Lipinski definition) is 4. The van der Waals surface area contributed by atoms with Crippen molar-refractivity contribution >= 4 is 11.8 Å². The van der Waals surface area contributed by atoms with Gasteiger partial charge in [0.05, 0.1) is 11.0 Å². The van der Waals surface area contributed by atoms with Gasteiger partial charge in [0, 0.05) is 17.4 Å². The number of hydrogen-bond acceptors (Lipinski definition) is 8. The fourth-order valence-electron chi connectivity index (χ4n) is 9.06. The SMILES string of the molecule is CC1=C(C)C(=O)O[C@@H]([C@](C)(O)[C@]2(O)CC[C@@]3(O)[C@@H]4CC=C5[C@@H](O)[C@H]6O[C@H]6C(=O)[C@]5(C)[C@H]4CC[C@]23C)C1. The van der Waals surface area contributed by atoms with E-state index < -0.39 is 58.0 Å². The van der Waals surface area contributed by atoms with E-state index in [0.29, 0.717) is 36.8 Å². The summed E-state index contributed by atoms with van der Waals surface area (Å²) in [5.74, 6) is -1.07. The van der Waals surface area contributed by atoms with E-state index >= 15 is 0 Å². The van der Waals surface area contributed by atoms with Crippen LogP contribution in [0.25, 0.3) is 0 Å². The Hall–Kier alpha value is -1.58. The van der Waals surface area contributed by atoms with E-state index in [1.807, 2.05) is 26.8 Å². The Bertz CT molecular complexity index is 1120. The number of ketones is 1. The molecule has 4 N–H and O–H groups in total. The minimum absolute atomic E-state index is 0.0297. The zero-order chi connectivity index (χ0) is 26.2. The highest BCUT2D eigenvalue weighted by Gasteiger charge is 2.77. The molecule has 36 heavy (non-hydrogen) atoms. The van der Waals surface area contributed by atoms with Crippen molar-refractivity contribution in [3.63, 3.8) is 0 Å². The van der Waals surface area contributed by atoms with Crippen LogP contribution >= 0.6 is 0 Å². The first-order valence-corrected chi connectivity index (χ1v) is 13.3. The zero-order valence-electron chi connectivity index (χ0n) is 21.7. The van der Waals surface area contributed by atoms with Crippen LogP contribution in [-0.2, 0) is 19.1 Å². The van der Waals surface area contributed by atoms with E-state index in [1.165, 1.54) is 6.92 Å². The molecule has 6 rings (SSSR count). The first kappa shape index (κ1) is 24.7. The van der Waals surface area contributed by atoms with E-state index in [2.05, 4.69) is 0 Å². The molecule has 3 saturated carbocycles. The van der Waals surface area contributed by atoms with Gasteiger partial charge in [-0.05, 0) is 77.2 Å². The van der Waals surface area contributed by atoms with Gasteiger partial charge in [-0.1, -0.05) is 18.6 Å². The summed E-state index contributed by atoms with van der Waals surface area (Å²) in [6, 6.07) is 0. The van der Waals surface area contributed by atoms with Gasteiger partial charge in [-0.3, -0.25) is 4.79 Å². The zero-order valence-corrected chi connectivity index (χ0v) is 21.7. The van der Waals surface area contributed by atoms with E-state index in [0.717, 1.165) is 5.57 Å². The van der Waals surface area contributed by atoms with Crippen molar-refractivity contribution in [3.05, 3.63) is 22.8 Å². The van der Waals surface area contributed by atoms with E-state index in [9.17, 15) is 30.0 Å². The number of esters is 1. The number of aliphatic hydroxyl groups excluding tert-OH is 1. The number of allylic oxidation sites excluding steroid dienone is 1. The van der Waals surface area contributed by atoms with Gasteiger partial charge in [0.15, 0.2) is 5.78 Å². The summed E-state index contributed by atoms with van der Waals surface area (Å²) in [6.07, 6.45) is 1.21. The molecule has 11 atom stereocenters. The third-order valence-electron chi connectivity index (χ3n) is 11.8. The molecule has 6 aliphatic rings. The third-order valence-corrected chi connectivity index (χ3v) is 11.8. The number of carbonyl (C=O) groups excluding carboxylic acids is 2. The molecule has 2 heterocycles. The van der Waals surface area contributed by atoms with Gasteiger partial charge < -0.3 is 29.9 Å². The summed E-state index contributed by atoms with van der Waals surface area (Å²) in [5, 5.41) is 47.5. The Balaban J connectivity index is 1.38. The number of Topliss-reactive ketones (excluding diaryl/α,β-unsaturated/α-hetero) is 1. The maximum Gasteiger partial charge on any atom is 0.334 e. The number of fused-ring (bicyclic) bond motifs is 6. The van der Waals surface area contributed by atoms with Gasteiger partial charge >= 0.3 is 5.97 Å². The van der Waals surface area contributed by atoms with Crippen LogP contribution < -0.4 is 0 Å². The lowest BCUT2D eigenvalue weighted by atomic mass is 9.44. The third kappa shape index (κ3) is 2.58. The Kier molecular flexibility index (Phi) is 4.87. The van der Waals surface area contributed by atoms with Crippen molar-refractivity contribution in [1.29, 1.82) is 0 Å². The molecule has 0 bridgehead atoms. The van der Waals surface area contributed by atoms with Crippen LogP contribution in [0.5, 0.6) is 0 Å². The fourth-order valence-corrected chi connectivity index (χ4v) is 9.06. The molecular weight excluding hydrogens is 464 g/mol.